The molecule has 0 radical (unpaired) electrons. The Morgan fingerprint density at radius 1 is 0.956 bits per heavy atom. The number of benzene rings is 2. The van der Waals surface area contributed by atoms with Gasteiger partial charge in [-0.3, -0.25) is 9.69 Å². The summed E-state index contributed by atoms with van der Waals surface area (Å²) in [7, 11) is 0.905. The van der Waals surface area contributed by atoms with E-state index in [9.17, 15) is 41.4 Å². The van der Waals surface area contributed by atoms with Gasteiger partial charge in [0.1, 0.15) is 29.1 Å². The zero-order valence-electron chi connectivity index (χ0n) is 38.3. The number of halogens is 7. The molecule has 3 aromatic rings. The first kappa shape index (κ1) is 52.6. The average molecular weight is 961 g/mol. The summed E-state index contributed by atoms with van der Waals surface area (Å²) in [6, 6.07) is 8.39. The minimum absolute atomic E-state index is 0.00956. The number of allylic oxidation sites excluding steroid dienone is 1. The molecule has 0 aliphatic carbocycles. The smallest absolute Gasteiger partial charge is 0.410 e. The summed E-state index contributed by atoms with van der Waals surface area (Å²) in [6.45, 7) is 4.08. The van der Waals surface area contributed by atoms with Crippen molar-refractivity contribution in [2.45, 2.75) is 109 Å². The maximum Gasteiger partial charge on any atom is 0.410 e. The lowest BCUT2D eigenvalue weighted by Crippen LogP contribution is -2.62. The number of methoxy groups -OCH3 is 1. The standard InChI is InChI=1S/C47H55F7N8O6/c1-45(2,3)68-44(66)62-32-14-15-33(62)26-61(25-32)39-16-13-29(21-57-39)12-9-27-7-10-28(11-8-27)17-37(59-41(64)40(60-43(65)67-6)46(4,5)47(52,53)54)38(63)24-56-23-34-35(48)18-30(19-36(34)49)31(20-55)22-58-42(50)51/h7-8,10-11,13,16,18-22,32-33,37-38,40,42,56,63H,14-15,17,23-26,55H2,1-6H3,(H,59,64)(H,60,65)/t32?,33?,37-,38-,40+/m0/s1. The first-order chi connectivity index (χ1) is 31.9. The number of aliphatic hydroxyl groups excluding tert-OH is 1. The normalized spacial score (nSPS) is 17.9. The molecule has 0 spiro atoms. The number of ether oxygens (including phenoxy) is 2. The maximum atomic E-state index is 15.1. The second-order valence-electron chi connectivity index (χ2n) is 17.9. The largest absolute Gasteiger partial charge is 0.453 e. The van der Waals surface area contributed by atoms with Crippen molar-refractivity contribution in [3.05, 3.63) is 100 Å². The topological polar surface area (TPSA) is 184 Å². The van der Waals surface area contributed by atoms with Gasteiger partial charge < -0.3 is 41.2 Å². The third-order valence-electron chi connectivity index (χ3n) is 11.5. The van der Waals surface area contributed by atoms with Crippen molar-refractivity contribution in [2.24, 2.45) is 16.1 Å². The van der Waals surface area contributed by atoms with Crippen LogP contribution >= 0.6 is 0 Å². The quantitative estimate of drug-likeness (QED) is 0.0493. The molecule has 2 bridgehead atoms. The molecule has 368 valence electrons. The molecular weight excluding hydrogens is 906 g/mol. The lowest BCUT2D eigenvalue weighted by atomic mass is 9.82. The van der Waals surface area contributed by atoms with Gasteiger partial charge in [-0.15, -0.1) is 0 Å². The minimum atomic E-state index is -5.00. The number of alkyl carbamates (subject to hydrolysis) is 1. The number of pyridine rings is 1. The zero-order chi connectivity index (χ0) is 50.1. The number of nitrogens with one attached hydrogen (secondary N) is 3. The van der Waals surface area contributed by atoms with E-state index < -0.39 is 84.2 Å². The SMILES string of the molecule is COC(=O)N[C@H](C(=O)N[C@@H](Cc1ccc(C#Cc2ccc(N3CC4CCC(C3)N4C(=O)OC(C)(C)C)nc2)cc1)[C@@H](O)CNCc1c(F)cc(C(C=NC(F)F)=CN)cc1F)C(C)(C)C(F)(F)F. The van der Waals surface area contributed by atoms with Gasteiger partial charge in [0, 0.05) is 67.1 Å². The van der Waals surface area contributed by atoms with Crippen LogP contribution in [0.5, 0.6) is 0 Å². The van der Waals surface area contributed by atoms with E-state index in [0.29, 0.717) is 49.8 Å². The van der Waals surface area contributed by atoms with E-state index in [4.69, 9.17) is 10.5 Å². The van der Waals surface area contributed by atoms with E-state index in [1.807, 2.05) is 43.1 Å². The summed E-state index contributed by atoms with van der Waals surface area (Å²) >= 11 is 0. The van der Waals surface area contributed by atoms with E-state index in [2.05, 4.69) is 42.1 Å². The number of fused-ring (bicyclic) bond motifs is 2. The van der Waals surface area contributed by atoms with Crippen LogP contribution in [0.4, 0.5) is 46.1 Å². The molecule has 2 saturated heterocycles. The number of anilines is 1. The van der Waals surface area contributed by atoms with E-state index in [1.165, 1.54) is 0 Å². The monoisotopic (exact) mass is 960 g/mol. The summed E-state index contributed by atoms with van der Waals surface area (Å²) in [5.74, 6) is 3.34. The number of hydrogen-bond donors (Lipinski definition) is 5. The highest BCUT2D eigenvalue weighted by Crippen LogP contribution is 2.41. The molecule has 3 amide bonds. The maximum absolute atomic E-state index is 15.1. The van der Waals surface area contributed by atoms with Crippen molar-refractivity contribution >= 4 is 35.7 Å². The summed E-state index contributed by atoms with van der Waals surface area (Å²) in [5, 5.41) is 18.4. The Labute approximate surface area is 389 Å². The van der Waals surface area contributed by atoms with Crippen LogP contribution in [0, 0.1) is 28.9 Å². The number of alkyl halides is 5. The fourth-order valence-corrected chi connectivity index (χ4v) is 7.71. The number of aliphatic imine (C=N–C) groups is 1. The number of nitrogens with two attached hydrogens (primary N) is 1. The van der Waals surface area contributed by atoms with Crippen LogP contribution in [0.3, 0.4) is 0 Å². The van der Waals surface area contributed by atoms with E-state index in [1.54, 1.807) is 30.5 Å². The van der Waals surface area contributed by atoms with Crippen LogP contribution in [0.2, 0.25) is 0 Å². The number of aliphatic hydroxyl groups is 1. The molecule has 68 heavy (non-hydrogen) atoms. The molecule has 2 fully saturated rings. The molecule has 6 N–H and O–H groups in total. The molecule has 14 nitrogen and oxygen atoms in total. The first-order valence-corrected chi connectivity index (χ1v) is 21.6. The van der Waals surface area contributed by atoms with Crippen molar-refractivity contribution < 1.29 is 59.7 Å². The number of aromatic nitrogens is 1. The van der Waals surface area contributed by atoms with Gasteiger partial charge in [-0.05, 0) is 101 Å². The third-order valence-corrected chi connectivity index (χ3v) is 11.5. The van der Waals surface area contributed by atoms with Crippen LogP contribution in [-0.4, -0.2) is 115 Å². The predicted molar refractivity (Wildman–Crippen MR) is 239 cm³/mol. The Bertz CT molecular complexity index is 2340. The molecule has 21 heteroatoms. The van der Waals surface area contributed by atoms with E-state index in [0.717, 1.165) is 44.1 Å². The van der Waals surface area contributed by atoms with Crippen molar-refractivity contribution in [1.82, 2.24) is 25.8 Å². The summed E-state index contributed by atoms with van der Waals surface area (Å²) in [5.41, 5.74) is 2.80. The van der Waals surface area contributed by atoms with Gasteiger partial charge in [0.2, 0.25) is 5.91 Å². The predicted octanol–water partition coefficient (Wildman–Crippen LogP) is 6.43. The van der Waals surface area contributed by atoms with Crippen LogP contribution in [0.25, 0.3) is 5.57 Å². The summed E-state index contributed by atoms with van der Waals surface area (Å²) in [4.78, 5) is 50.2. The second-order valence-corrected chi connectivity index (χ2v) is 17.9. The molecule has 2 unspecified atom stereocenters. The minimum Gasteiger partial charge on any atom is -0.453 e. The van der Waals surface area contributed by atoms with Gasteiger partial charge in [-0.1, -0.05) is 24.0 Å². The number of rotatable bonds is 15. The Hall–Kier alpha value is -6.40. The van der Waals surface area contributed by atoms with Crippen molar-refractivity contribution in [1.29, 1.82) is 0 Å². The van der Waals surface area contributed by atoms with Gasteiger partial charge in [0.15, 0.2) is 0 Å². The molecular formula is C47H55F7N8O6. The van der Waals surface area contributed by atoms with Crippen LogP contribution in [0.1, 0.15) is 75.3 Å². The van der Waals surface area contributed by atoms with Gasteiger partial charge in [0.05, 0.1) is 36.8 Å². The summed E-state index contributed by atoms with van der Waals surface area (Å²) in [6.07, 6.45) is -3.52. The Morgan fingerprint density at radius 3 is 2.09 bits per heavy atom. The Balaban J connectivity index is 1.29. The van der Waals surface area contributed by atoms with Crippen LogP contribution < -0.4 is 26.6 Å². The lowest BCUT2D eigenvalue weighted by molar-refractivity contribution is -0.220. The zero-order valence-corrected chi connectivity index (χ0v) is 38.3. The van der Waals surface area contributed by atoms with Crippen molar-refractivity contribution in [3.8, 4) is 11.8 Å². The summed E-state index contributed by atoms with van der Waals surface area (Å²) < 4.78 is 108. The number of hydrogen-bond acceptors (Lipinski definition) is 11. The highest BCUT2D eigenvalue weighted by atomic mass is 19.4. The van der Waals surface area contributed by atoms with E-state index >= 15 is 8.78 Å². The van der Waals surface area contributed by atoms with Crippen molar-refractivity contribution in [3.63, 3.8) is 0 Å². The van der Waals surface area contributed by atoms with Gasteiger partial charge in [0.25, 0.3) is 0 Å². The van der Waals surface area contributed by atoms with E-state index in [-0.39, 0.29) is 35.7 Å². The number of amides is 3. The molecule has 3 heterocycles. The number of piperazine rings is 1. The molecule has 0 saturated carbocycles. The lowest BCUT2D eigenvalue weighted by Gasteiger charge is -2.41. The second kappa shape index (κ2) is 22.1. The molecule has 5 rings (SSSR count). The molecule has 5 atom stereocenters. The number of carbonyl (C=O) groups excluding carboxylic acids is 3. The molecule has 2 aliphatic rings. The number of carbonyl (C=O) groups is 3. The Morgan fingerprint density at radius 2 is 1.56 bits per heavy atom. The fourth-order valence-electron chi connectivity index (χ4n) is 7.71. The molecule has 1 aromatic heterocycles. The van der Waals surface area contributed by atoms with Gasteiger partial charge in [-0.25, -0.2) is 28.3 Å². The van der Waals surface area contributed by atoms with Crippen LogP contribution in [-0.2, 0) is 27.2 Å². The third kappa shape index (κ3) is 13.6. The first-order valence-electron chi connectivity index (χ1n) is 21.6. The molecule has 2 aromatic carbocycles. The van der Waals surface area contributed by atoms with Crippen molar-refractivity contribution in [2.75, 3.05) is 31.6 Å². The highest BCUT2D eigenvalue weighted by Gasteiger charge is 2.56. The number of nitrogens with zero attached hydrogens (tertiary/aromatic N) is 4. The Kier molecular flexibility index (Phi) is 17.1. The highest BCUT2D eigenvalue weighted by molar-refractivity contribution is 6.09. The van der Waals surface area contributed by atoms with Gasteiger partial charge >= 0.3 is 24.9 Å². The van der Waals surface area contributed by atoms with Crippen LogP contribution in [0.15, 0.2) is 65.9 Å². The fraction of sp³-hybridized carbons (Fsp3) is 0.468. The van der Waals surface area contributed by atoms with Gasteiger partial charge in [-0.2, -0.15) is 22.0 Å². The average Bonchev–Trinajstić information content (AvgIpc) is 3.54. The molecule has 2 aliphatic heterocycles.